The molecule has 0 saturated heterocycles. The number of aliphatic hydroxyl groups is 1. The number of rotatable bonds is 7. The van der Waals surface area contributed by atoms with Gasteiger partial charge in [0.1, 0.15) is 5.75 Å². The summed E-state index contributed by atoms with van der Waals surface area (Å²) in [6.07, 6.45) is 2.41. The summed E-state index contributed by atoms with van der Waals surface area (Å²) >= 11 is 5.84. The van der Waals surface area contributed by atoms with Crippen LogP contribution >= 0.6 is 11.6 Å². The van der Waals surface area contributed by atoms with Crippen LogP contribution in [-0.2, 0) is 4.79 Å². The number of hydrogen-bond donors (Lipinski definition) is 1. The van der Waals surface area contributed by atoms with Gasteiger partial charge in [-0.1, -0.05) is 17.7 Å². The lowest BCUT2D eigenvalue weighted by Gasteiger charge is -2.21. The molecule has 1 aliphatic rings. The Morgan fingerprint density at radius 1 is 1.47 bits per heavy atom. The quantitative estimate of drug-likeness (QED) is 0.834. The highest BCUT2D eigenvalue weighted by Gasteiger charge is 2.31. The summed E-state index contributed by atoms with van der Waals surface area (Å²) < 4.78 is 5.49. The molecule has 0 radical (unpaired) electrons. The van der Waals surface area contributed by atoms with E-state index in [0.717, 1.165) is 12.8 Å². The third kappa shape index (κ3) is 4.40. The van der Waals surface area contributed by atoms with E-state index in [-0.39, 0.29) is 12.5 Å². The van der Waals surface area contributed by atoms with Crippen LogP contribution in [0.5, 0.6) is 5.75 Å². The normalized spacial score (nSPS) is 14.2. The van der Waals surface area contributed by atoms with E-state index in [9.17, 15) is 4.79 Å². The fourth-order valence-electron chi connectivity index (χ4n) is 1.96. The minimum atomic E-state index is 0.0113. The van der Waals surface area contributed by atoms with Gasteiger partial charge in [-0.3, -0.25) is 4.79 Å². The number of halogens is 1. The molecule has 4 nitrogen and oxygen atoms in total. The molecule has 1 fully saturated rings. The van der Waals surface area contributed by atoms with Gasteiger partial charge in [0.05, 0.1) is 19.6 Å². The average molecular weight is 284 g/mol. The van der Waals surface area contributed by atoms with Crippen molar-refractivity contribution in [2.75, 3.05) is 19.8 Å². The van der Waals surface area contributed by atoms with Gasteiger partial charge in [0.2, 0.25) is 5.91 Å². The third-order valence-corrected chi connectivity index (χ3v) is 3.26. The van der Waals surface area contributed by atoms with Crippen LogP contribution in [0.1, 0.15) is 19.3 Å². The Bertz CT molecular complexity index is 434. The van der Waals surface area contributed by atoms with Gasteiger partial charge in [0.25, 0.3) is 0 Å². The van der Waals surface area contributed by atoms with E-state index in [2.05, 4.69) is 0 Å². The summed E-state index contributed by atoms with van der Waals surface area (Å²) in [4.78, 5) is 13.7. The molecular weight excluding hydrogens is 266 g/mol. The minimum absolute atomic E-state index is 0.0113. The first kappa shape index (κ1) is 14.2. The second kappa shape index (κ2) is 6.78. The Morgan fingerprint density at radius 3 is 2.89 bits per heavy atom. The topological polar surface area (TPSA) is 49.8 Å². The SMILES string of the molecule is O=C(CCOc1cccc(Cl)c1)N(CCO)C1CC1. The second-order valence-corrected chi connectivity index (χ2v) is 5.03. The van der Waals surface area contributed by atoms with E-state index in [0.29, 0.717) is 36.4 Å². The van der Waals surface area contributed by atoms with Gasteiger partial charge in [0, 0.05) is 17.6 Å². The van der Waals surface area contributed by atoms with Crippen LogP contribution in [0.2, 0.25) is 5.02 Å². The van der Waals surface area contributed by atoms with Crippen LogP contribution in [-0.4, -0.2) is 41.7 Å². The Balaban J connectivity index is 1.76. The standard InChI is InChI=1S/C14H18ClNO3/c15-11-2-1-3-13(10-11)19-9-6-14(18)16(7-8-17)12-4-5-12/h1-3,10,12,17H,4-9H2. The van der Waals surface area contributed by atoms with Gasteiger partial charge in [0.15, 0.2) is 0 Å². The first-order chi connectivity index (χ1) is 9.20. The lowest BCUT2D eigenvalue weighted by Crippen LogP contribution is -2.36. The number of carbonyl (C=O) groups excluding carboxylic acids is 1. The van der Waals surface area contributed by atoms with Gasteiger partial charge < -0.3 is 14.7 Å². The van der Waals surface area contributed by atoms with Crippen molar-refractivity contribution >= 4 is 17.5 Å². The van der Waals surface area contributed by atoms with Crippen LogP contribution in [0.15, 0.2) is 24.3 Å². The fourth-order valence-corrected chi connectivity index (χ4v) is 2.14. The maximum Gasteiger partial charge on any atom is 0.226 e. The van der Waals surface area contributed by atoms with Crippen LogP contribution < -0.4 is 4.74 Å². The summed E-state index contributed by atoms with van der Waals surface area (Å²) in [7, 11) is 0. The maximum absolute atomic E-state index is 12.0. The molecule has 5 heteroatoms. The summed E-state index contributed by atoms with van der Waals surface area (Å²) in [6, 6.07) is 7.43. The summed E-state index contributed by atoms with van der Waals surface area (Å²) in [5, 5.41) is 9.57. The highest BCUT2D eigenvalue weighted by Crippen LogP contribution is 2.27. The van der Waals surface area contributed by atoms with Crippen molar-refractivity contribution in [1.29, 1.82) is 0 Å². The van der Waals surface area contributed by atoms with Crippen molar-refractivity contribution in [1.82, 2.24) is 4.90 Å². The molecule has 0 bridgehead atoms. The highest BCUT2D eigenvalue weighted by molar-refractivity contribution is 6.30. The molecule has 0 spiro atoms. The Kier molecular flexibility index (Phi) is 5.05. The fraction of sp³-hybridized carbons (Fsp3) is 0.500. The Morgan fingerprint density at radius 2 is 2.26 bits per heavy atom. The van der Waals surface area contributed by atoms with Crippen molar-refractivity contribution in [3.8, 4) is 5.75 Å². The van der Waals surface area contributed by atoms with E-state index in [1.165, 1.54) is 0 Å². The monoisotopic (exact) mass is 283 g/mol. The molecule has 0 unspecified atom stereocenters. The molecule has 1 aromatic carbocycles. The van der Waals surface area contributed by atoms with Gasteiger partial charge in [-0.25, -0.2) is 0 Å². The van der Waals surface area contributed by atoms with E-state index in [4.69, 9.17) is 21.4 Å². The average Bonchev–Trinajstić information content (AvgIpc) is 3.20. The lowest BCUT2D eigenvalue weighted by atomic mass is 10.3. The molecule has 0 atom stereocenters. The maximum atomic E-state index is 12.0. The van der Waals surface area contributed by atoms with Gasteiger partial charge in [-0.2, -0.15) is 0 Å². The predicted molar refractivity (Wildman–Crippen MR) is 73.4 cm³/mol. The number of nitrogens with zero attached hydrogens (tertiary/aromatic N) is 1. The molecule has 1 aromatic rings. The molecule has 2 rings (SSSR count). The number of carbonyl (C=O) groups is 1. The zero-order chi connectivity index (χ0) is 13.7. The smallest absolute Gasteiger partial charge is 0.226 e. The van der Waals surface area contributed by atoms with Gasteiger partial charge in [-0.15, -0.1) is 0 Å². The van der Waals surface area contributed by atoms with Crippen molar-refractivity contribution in [3.63, 3.8) is 0 Å². The zero-order valence-electron chi connectivity index (χ0n) is 10.7. The first-order valence-corrected chi connectivity index (χ1v) is 6.87. The molecule has 0 heterocycles. The number of hydrogen-bond acceptors (Lipinski definition) is 3. The number of amides is 1. The van der Waals surface area contributed by atoms with Crippen molar-refractivity contribution in [2.24, 2.45) is 0 Å². The van der Waals surface area contributed by atoms with Gasteiger partial charge >= 0.3 is 0 Å². The first-order valence-electron chi connectivity index (χ1n) is 6.49. The molecule has 19 heavy (non-hydrogen) atoms. The summed E-state index contributed by atoms with van der Waals surface area (Å²) in [5.41, 5.74) is 0. The minimum Gasteiger partial charge on any atom is -0.493 e. The molecule has 104 valence electrons. The largest absolute Gasteiger partial charge is 0.493 e. The van der Waals surface area contributed by atoms with Gasteiger partial charge in [-0.05, 0) is 31.0 Å². The lowest BCUT2D eigenvalue weighted by molar-refractivity contribution is -0.132. The van der Waals surface area contributed by atoms with E-state index >= 15 is 0 Å². The van der Waals surface area contributed by atoms with E-state index in [1.807, 2.05) is 12.1 Å². The Hall–Kier alpha value is -1.26. The third-order valence-electron chi connectivity index (χ3n) is 3.03. The van der Waals surface area contributed by atoms with Crippen molar-refractivity contribution in [3.05, 3.63) is 29.3 Å². The summed E-state index contributed by atoms with van der Waals surface area (Å²) in [6.45, 7) is 0.756. The van der Waals surface area contributed by atoms with Crippen molar-refractivity contribution < 1.29 is 14.6 Å². The van der Waals surface area contributed by atoms with E-state index < -0.39 is 0 Å². The second-order valence-electron chi connectivity index (χ2n) is 4.60. The molecular formula is C14H18ClNO3. The number of benzene rings is 1. The number of ether oxygens (including phenoxy) is 1. The molecule has 0 aliphatic heterocycles. The van der Waals surface area contributed by atoms with E-state index in [1.54, 1.807) is 17.0 Å². The van der Waals surface area contributed by atoms with Crippen LogP contribution in [0.25, 0.3) is 0 Å². The van der Waals surface area contributed by atoms with Crippen LogP contribution in [0.3, 0.4) is 0 Å². The molecule has 1 N–H and O–H groups in total. The Labute approximate surface area is 117 Å². The van der Waals surface area contributed by atoms with Crippen molar-refractivity contribution in [2.45, 2.75) is 25.3 Å². The van der Waals surface area contributed by atoms with Crippen LogP contribution in [0.4, 0.5) is 0 Å². The predicted octanol–water partition coefficient (Wildman–Crippen LogP) is 2.09. The molecule has 0 aromatic heterocycles. The molecule has 1 saturated carbocycles. The highest BCUT2D eigenvalue weighted by atomic mass is 35.5. The summed E-state index contributed by atoms with van der Waals surface area (Å²) in [5.74, 6) is 0.707. The van der Waals surface area contributed by atoms with Crippen LogP contribution in [0, 0.1) is 0 Å². The molecule has 1 aliphatic carbocycles. The number of aliphatic hydroxyl groups excluding tert-OH is 1. The molecule has 1 amide bonds. The zero-order valence-corrected chi connectivity index (χ0v) is 11.5.